The number of benzene rings is 2. The Hall–Kier alpha value is -2.67. The molecule has 0 spiro atoms. The van der Waals surface area contributed by atoms with E-state index in [1.54, 1.807) is 24.3 Å². The van der Waals surface area contributed by atoms with Crippen LogP contribution in [0.25, 0.3) is 0 Å². The van der Waals surface area contributed by atoms with Crippen LogP contribution < -0.4 is 18.5 Å². The lowest BCUT2D eigenvalue weighted by atomic mass is 10.2. The van der Waals surface area contributed by atoms with E-state index in [0.717, 1.165) is 18.6 Å². The quantitative estimate of drug-likeness (QED) is 0.636. The number of rotatable bonds is 7. The summed E-state index contributed by atoms with van der Waals surface area (Å²) in [6, 6.07) is 11.9. The Morgan fingerprint density at radius 1 is 1.03 bits per heavy atom. The molecule has 0 unspecified atom stereocenters. The molecule has 0 radical (unpaired) electrons. The third-order valence-corrected chi connectivity index (χ3v) is 6.92. The zero-order valence-electron chi connectivity index (χ0n) is 16.2. The predicted molar refractivity (Wildman–Crippen MR) is 111 cm³/mol. The van der Waals surface area contributed by atoms with Crippen molar-refractivity contribution in [2.24, 2.45) is 0 Å². The highest BCUT2D eigenvalue weighted by Crippen LogP contribution is 2.34. The zero-order chi connectivity index (χ0) is 20.3. The highest BCUT2D eigenvalue weighted by molar-refractivity contribution is 7.92. The lowest BCUT2D eigenvalue weighted by molar-refractivity contribution is 0.171. The Morgan fingerprint density at radius 2 is 1.72 bits per heavy atom. The monoisotopic (exact) mass is 415 g/mol. The molecule has 0 amide bonds. The number of fused-ring (bicyclic) bond motifs is 1. The van der Waals surface area contributed by atoms with Crippen LogP contribution in [0, 0.1) is 0 Å². The maximum atomic E-state index is 13.3. The molecule has 1 heterocycles. The summed E-state index contributed by atoms with van der Waals surface area (Å²) < 4.78 is 45.0. The summed E-state index contributed by atoms with van der Waals surface area (Å²) >= 11 is 0. The van der Waals surface area contributed by atoms with Gasteiger partial charge in [-0.25, -0.2) is 8.42 Å². The molecule has 0 N–H and O–H groups in total. The largest absolute Gasteiger partial charge is 0.490 e. The standard InChI is InChI=1S/C22H25NO5S/c1-2-13-23(17-7-9-19(10-8-17)28-18-5-3-4-6-18)29(24,25)20-11-12-21-22(16-20)27-15-14-26-21/h2,7-12,16,18H,1,3-6,13-15H2. The molecule has 2 aromatic carbocycles. The molecule has 0 saturated heterocycles. The number of nitrogens with zero attached hydrogens (tertiary/aromatic N) is 1. The first-order valence-corrected chi connectivity index (χ1v) is 11.3. The second-order valence-electron chi connectivity index (χ2n) is 7.15. The van der Waals surface area contributed by atoms with Crippen molar-refractivity contribution in [2.45, 2.75) is 36.7 Å². The fourth-order valence-electron chi connectivity index (χ4n) is 3.66. The molecule has 4 rings (SSSR count). The fourth-order valence-corrected chi connectivity index (χ4v) is 5.11. The van der Waals surface area contributed by atoms with Crippen LogP contribution in [-0.4, -0.2) is 34.3 Å². The molecule has 2 aliphatic rings. The third-order valence-electron chi connectivity index (χ3n) is 5.13. The van der Waals surface area contributed by atoms with Crippen molar-refractivity contribution in [3.63, 3.8) is 0 Å². The van der Waals surface area contributed by atoms with Crippen LogP contribution >= 0.6 is 0 Å². The van der Waals surface area contributed by atoms with Gasteiger partial charge < -0.3 is 14.2 Å². The number of sulfonamides is 1. The molecule has 29 heavy (non-hydrogen) atoms. The molecular formula is C22H25NO5S. The van der Waals surface area contributed by atoms with Gasteiger partial charge in [-0.05, 0) is 62.1 Å². The topological polar surface area (TPSA) is 65.1 Å². The summed E-state index contributed by atoms with van der Waals surface area (Å²) in [5, 5.41) is 0. The van der Waals surface area contributed by atoms with Gasteiger partial charge in [0.15, 0.2) is 11.5 Å². The minimum Gasteiger partial charge on any atom is -0.490 e. The maximum absolute atomic E-state index is 13.3. The minimum absolute atomic E-state index is 0.148. The number of anilines is 1. The number of hydrogen-bond acceptors (Lipinski definition) is 5. The lowest BCUT2D eigenvalue weighted by Gasteiger charge is -2.25. The third kappa shape index (κ3) is 4.19. The number of ether oxygens (including phenoxy) is 3. The van der Waals surface area contributed by atoms with Crippen LogP contribution in [0.1, 0.15) is 25.7 Å². The van der Waals surface area contributed by atoms with Crippen LogP contribution in [0.2, 0.25) is 0 Å². The molecule has 0 aromatic heterocycles. The summed E-state index contributed by atoms with van der Waals surface area (Å²) in [5.74, 6) is 1.76. The van der Waals surface area contributed by atoms with Crippen LogP contribution in [0.4, 0.5) is 5.69 Å². The SMILES string of the molecule is C=CCN(c1ccc(OC2CCCC2)cc1)S(=O)(=O)c1ccc2c(c1)OCCO2. The first kappa shape index (κ1) is 19.6. The molecule has 1 aliphatic carbocycles. The van der Waals surface area contributed by atoms with E-state index in [2.05, 4.69) is 6.58 Å². The first-order chi connectivity index (χ1) is 14.1. The van der Waals surface area contributed by atoms with Crippen LogP contribution in [0.15, 0.2) is 60.0 Å². The van der Waals surface area contributed by atoms with Crippen molar-refractivity contribution in [3.8, 4) is 17.2 Å². The van der Waals surface area contributed by atoms with Gasteiger partial charge in [-0.2, -0.15) is 0 Å². The summed E-state index contributed by atoms with van der Waals surface area (Å²) in [5.41, 5.74) is 0.554. The molecule has 1 fully saturated rings. The number of hydrogen-bond donors (Lipinski definition) is 0. The Balaban J connectivity index is 1.59. The molecular weight excluding hydrogens is 390 g/mol. The molecule has 6 nitrogen and oxygen atoms in total. The van der Waals surface area contributed by atoms with E-state index in [9.17, 15) is 8.42 Å². The van der Waals surface area contributed by atoms with Crippen molar-refractivity contribution in [3.05, 3.63) is 55.1 Å². The normalized spacial score (nSPS) is 16.4. The average molecular weight is 416 g/mol. The van der Waals surface area contributed by atoms with E-state index in [4.69, 9.17) is 14.2 Å². The van der Waals surface area contributed by atoms with Gasteiger partial charge in [0, 0.05) is 6.07 Å². The van der Waals surface area contributed by atoms with Crippen molar-refractivity contribution in [1.82, 2.24) is 0 Å². The second-order valence-corrected chi connectivity index (χ2v) is 9.01. The minimum atomic E-state index is -3.80. The van der Waals surface area contributed by atoms with Crippen LogP contribution in [0.3, 0.4) is 0 Å². The summed E-state index contributed by atoms with van der Waals surface area (Å²) in [6.45, 7) is 4.72. The summed E-state index contributed by atoms with van der Waals surface area (Å²) in [7, 11) is -3.80. The van der Waals surface area contributed by atoms with Crippen molar-refractivity contribution >= 4 is 15.7 Å². The van der Waals surface area contributed by atoms with Gasteiger partial charge in [-0.3, -0.25) is 4.31 Å². The smallest absolute Gasteiger partial charge is 0.264 e. The van der Waals surface area contributed by atoms with E-state index >= 15 is 0 Å². The zero-order valence-corrected chi connectivity index (χ0v) is 17.1. The van der Waals surface area contributed by atoms with Crippen molar-refractivity contribution in [1.29, 1.82) is 0 Å². The van der Waals surface area contributed by atoms with Crippen molar-refractivity contribution < 1.29 is 22.6 Å². The van der Waals surface area contributed by atoms with E-state index in [1.165, 1.54) is 29.3 Å². The molecule has 1 saturated carbocycles. The van der Waals surface area contributed by atoms with Gasteiger partial charge in [0.05, 0.1) is 23.2 Å². The highest BCUT2D eigenvalue weighted by atomic mass is 32.2. The molecule has 154 valence electrons. The Kier molecular flexibility index (Phi) is 5.67. The molecule has 0 bridgehead atoms. The van der Waals surface area contributed by atoms with Gasteiger partial charge in [-0.1, -0.05) is 6.08 Å². The molecule has 0 atom stereocenters. The van der Waals surface area contributed by atoms with Crippen LogP contribution in [-0.2, 0) is 10.0 Å². The second kappa shape index (κ2) is 8.37. The fraction of sp³-hybridized carbons (Fsp3) is 0.364. The molecule has 2 aromatic rings. The predicted octanol–water partition coefficient (Wildman–Crippen LogP) is 4.16. The van der Waals surface area contributed by atoms with Gasteiger partial charge >= 0.3 is 0 Å². The molecule has 7 heteroatoms. The highest BCUT2D eigenvalue weighted by Gasteiger charge is 2.26. The Labute approximate surface area is 171 Å². The summed E-state index contributed by atoms with van der Waals surface area (Å²) in [4.78, 5) is 0.148. The van der Waals surface area contributed by atoms with E-state index in [-0.39, 0.29) is 17.5 Å². The Morgan fingerprint density at radius 3 is 2.41 bits per heavy atom. The van der Waals surface area contributed by atoms with Gasteiger partial charge in [0.25, 0.3) is 10.0 Å². The first-order valence-electron chi connectivity index (χ1n) is 9.88. The van der Waals surface area contributed by atoms with E-state index < -0.39 is 10.0 Å². The lowest BCUT2D eigenvalue weighted by Crippen LogP contribution is -2.31. The Bertz CT molecular complexity index is 965. The molecule has 1 aliphatic heterocycles. The van der Waals surface area contributed by atoms with Gasteiger partial charge in [-0.15, -0.1) is 6.58 Å². The average Bonchev–Trinajstić information content (AvgIpc) is 3.25. The summed E-state index contributed by atoms with van der Waals surface area (Å²) in [6.07, 6.45) is 6.36. The van der Waals surface area contributed by atoms with Crippen LogP contribution in [0.5, 0.6) is 17.2 Å². The maximum Gasteiger partial charge on any atom is 0.264 e. The van der Waals surface area contributed by atoms with Gasteiger partial charge in [0.1, 0.15) is 19.0 Å². The van der Waals surface area contributed by atoms with E-state index in [1.807, 2.05) is 12.1 Å². The van der Waals surface area contributed by atoms with Gasteiger partial charge in [0.2, 0.25) is 0 Å². The van der Waals surface area contributed by atoms with Crippen molar-refractivity contribution in [2.75, 3.05) is 24.1 Å². The van der Waals surface area contributed by atoms with E-state index in [0.29, 0.717) is 30.4 Å².